The lowest BCUT2D eigenvalue weighted by Gasteiger charge is -2.09. The molecule has 0 amide bonds. The summed E-state index contributed by atoms with van der Waals surface area (Å²) in [5.74, 6) is 0.817. The van der Waals surface area contributed by atoms with E-state index in [4.69, 9.17) is 4.74 Å². The van der Waals surface area contributed by atoms with Crippen LogP contribution in [-0.2, 0) is 4.74 Å². The highest BCUT2D eigenvalue weighted by molar-refractivity contribution is 5.76. The van der Waals surface area contributed by atoms with Crippen LogP contribution in [0.4, 0.5) is 5.82 Å². The first kappa shape index (κ1) is 13.5. The molecule has 0 spiro atoms. The average molecular weight is 257 g/mol. The van der Waals surface area contributed by atoms with Crippen LogP contribution in [0.2, 0.25) is 0 Å². The van der Waals surface area contributed by atoms with E-state index >= 15 is 0 Å². The number of aromatic nitrogens is 2. The van der Waals surface area contributed by atoms with Crippen molar-refractivity contribution in [2.75, 3.05) is 25.1 Å². The number of benzene rings is 1. The highest BCUT2D eigenvalue weighted by Gasteiger charge is 2.03. The third kappa shape index (κ3) is 3.76. The maximum absolute atomic E-state index is 5.43. The molecule has 0 unspecified atom stereocenters. The Morgan fingerprint density at radius 2 is 1.95 bits per heavy atom. The number of aryl methyl sites for hydroxylation is 1. The van der Waals surface area contributed by atoms with Gasteiger partial charge in [0.15, 0.2) is 0 Å². The van der Waals surface area contributed by atoms with E-state index in [0.717, 1.165) is 28.1 Å². The summed E-state index contributed by atoms with van der Waals surface area (Å²) in [7, 11) is 0. The summed E-state index contributed by atoms with van der Waals surface area (Å²) in [4.78, 5) is 9.08. The van der Waals surface area contributed by atoms with Gasteiger partial charge in [-0.25, -0.2) is 9.97 Å². The minimum Gasteiger partial charge on any atom is -0.375 e. The Labute approximate surface area is 113 Å². The number of hydrogen-bond donors (Lipinski definition) is 1. The van der Waals surface area contributed by atoms with Crippen molar-refractivity contribution in [1.82, 2.24) is 9.97 Å². The molecule has 0 aliphatic carbocycles. The standard InChI is InChI=1S/C15H19N3O/c1-11(2)10-19-9-8-16-15-12(3)17-13-6-4-5-7-14(13)18-15/h4-7H,1,8-10H2,2-3H3,(H,16,18). The normalized spacial score (nSPS) is 10.6. The van der Waals surface area contributed by atoms with E-state index in [9.17, 15) is 0 Å². The fraction of sp³-hybridized carbons (Fsp3) is 0.333. The molecule has 0 atom stereocenters. The van der Waals surface area contributed by atoms with Crippen LogP contribution >= 0.6 is 0 Å². The van der Waals surface area contributed by atoms with Gasteiger partial charge in [0.2, 0.25) is 0 Å². The van der Waals surface area contributed by atoms with Crippen LogP contribution in [0.5, 0.6) is 0 Å². The van der Waals surface area contributed by atoms with Crippen LogP contribution in [0.15, 0.2) is 36.4 Å². The number of anilines is 1. The summed E-state index contributed by atoms with van der Waals surface area (Å²) in [5.41, 5.74) is 3.75. The minimum absolute atomic E-state index is 0.601. The van der Waals surface area contributed by atoms with Crippen molar-refractivity contribution in [3.8, 4) is 0 Å². The first-order chi connectivity index (χ1) is 9.16. The molecule has 0 aliphatic rings. The van der Waals surface area contributed by atoms with E-state index in [1.54, 1.807) is 0 Å². The molecule has 0 fully saturated rings. The summed E-state index contributed by atoms with van der Waals surface area (Å²) >= 11 is 0. The summed E-state index contributed by atoms with van der Waals surface area (Å²) in [6.45, 7) is 9.63. The van der Waals surface area contributed by atoms with Gasteiger partial charge in [0.05, 0.1) is 29.9 Å². The van der Waals surface area contributed by atoms with Gasteiger partial charge in [-0.05, 0) is 26.0 Å². The minimum atomic E-state index is 0.601. The van der Waals surface area contributed by atoms with Gasteiger partial charge in [0.1, 0.15) is 5.82 Å². The zero-order valence-corrected chi connectivity index (χ0v) is 11.4. The van der Waals surface area contributed by atoms with Gasteiger partial charge >= 0.3 is 0 Å². The second-order valence-corrected chi connectivity index (χ2v) is 4.58. The third-order valence-corrected chi connectivity index (χ3v) is 2.63. The van der Waals surface area contributed by atoms with Gasteiger partial charge < -0.3 is 10.1 Å². The van der Waals surface area contributed by atoms with Crippen LogP contribution in [0, 0.1) is 6.92 Å². The maximum Gasteiger partial charge on any atom is 0.148 e. The van der Waals surface area contributed by atoms with Gasteiger partial charge in [0, 0.05) is 6.54 Å². The highest BCUT2D eigenvalue weighted by atomic mass is 16.5. The van der Waals surface area contributed by atoms with Crippen molar-refractivity contribution < 1.29 is 4.74 Å². The Morgan fingerprint density at radius 3 is 2.63 bits per heavy atom. The number of fused-ring (bicyclic) bond motifs is 1. The van der Waals surface area contributed by atoms with E-state index < -0.39 is 0 Å². The number of nitrogens with one attached hydrogen (secondary N) is 1. The lowest BCUT2D eigenvalue weighted by Crippen LogP contribution is -2.12. The van der Waals surface area contributed by atoms with Crippen LogP contribution < -0.4 is 5.32 Å². The second-order valence-electron chi connectivity index (χ2n) is 4.58. The molecule has 0 bridgehead atoms. The monoisotopic (exact) mass is 257 g/mol. The Balaban J connectivity index is 1.96. The molecule has 4 nitrogen and oxygen atoms in total. The Kier molecular flexibility index (Phi) is 4.47. The van der Waals surface area contributed by atoms with E-state index in [-0.39, 0.29) is 0 Å². The molecule has 1 heterocycles. The molecule has 19 heavy (non-hydrogen) atoms. The summed E-state index contributed by atoms with van der Waals surface area (Å²) in [6.07, 6.45) is 0. The van der Waals surface area contributed by atoms with E-state index in [2.05, 4.69) is 21.9 Å². The average Bonchev–Trinajstić information content (AvgIpc) is 2.38. The molecule has 0 saturated carbocycles. The smallest absolute Gasteiger partial charge is 0.148 e. The molecule has 0 aliphatic heterocycles. The van der Waals surface area contributed by atoms with Gasteiger partial charge in [-0.1, -0.05) is 24.3 Å². The number of rotatable bonds is 6. The SMILES string of the molecule is C=C(C)COCCNc1nc2ccccc2nc1C. The lowest BCUT2D eigenvalue weighted by atomic mass is 10.3. The summed E-state index contributed by atoms with van der Waals surface area (Å²) < 4.78 is 5.43. The number of nitrogens with zero attached hydrogens (tertiary/aromatic N) is 2. The Bertz CT molecular complexity index is 581. The van der Waals surface area contributed by atoms with Gasteiger partial charge in [-0.2, -0.15) is 0 Å². The maximum atomic E-state index is 5.43. The van der Waals surface area contributed by atoms with Crippen LogP contribution in [0.3, 0.4) is 0 Å². The molecule has 2 aromatic rings. The van der Waals surface area contributed by atoms with Crippen molar-refractivity contribution in [2.45, 2.75) is 13.8 Å². The molecule has 4 heteroatoms. The van der Waals surface area contributed by atoms with E-state index in [1.807, 2.05) is 38.1 Å². The Morgan fingerprint density at radius 1 is 1.26 bits per heavy atom. The van der Waals surface area contributed by atoms with Gasteiger partial charge in [-0.15, -0.1) is 0 Å². The summed E-state index contributed by atoms with van der Waals surface area (Å²) in [5, 5.41) is 3.25. The van der Waals surface area contributed by atoms with E-state index in [1.165, 1.54) is 0 Å². The van der Waals surface area contributed by atoms with Crippen molar-refractivity contribution in [3.05, 3.63) is 42.1 Å². The number of hydrogen-bond acceptors (Lipinski definition) is 4. The van der Waals surface area contributed by atoms with Crippen LogP contribution in [0.25, 0.3) is 11.0 Å². The number of para-hydroxylation sites is 2. The fourth-order valence-corrected chi connectivity index (χ4v) is 1.74. The van der Waals surface area contributed by atoms with Gasteiger partial charge in [0.25, 0.3) is 0 Å². The fourth-order valence-electron chi connectivity index (χ4n) is 1.74. The first-order valence-electron chi connectivity index (χ1n) is 6.36. The topological polar surface area (TPSA) is 47.0 Å². The number of ether oxygens (including phenoxy) is 1. The predicted molar refractivity (Wildman–Crippen MR) is 78.4 cm³/mol. The van der Waals surface area contributed by atoms with E-state index in [0.29, 0.717) is 19.8 Å². The van der Waals surface area contributed by atoms with Crippen LogP contribution in [-0.4, -0.2) is 29.7 Å². The second kappa shape index (κ2) is 6.29. The molecule has 1 aromatic heterocycles. The molecule has 1 aromatic carbocycles. The molecular formula is C15H19N3O. The third-order valence-electron chi connectivity index (χ3n) is 2.63. The molecular weight excluding hydrogens is 238 g/mol. The largest absolute Gasteiger partial charge is 0.375 e. The van der Waals surface area contributed by atoms with Crippen molar-refractivity contribution in [2.24, 2.45) is 0 Å². The van der Waals surface area contributed by atoms with Crippen molar-refractivity contribution in [3.63, 3.8) is 0 Å². The molecule has 1 N–H and O–H groups in total. The highest BCUT2D eigenvalue weighted by Crippen LogP contribution is 2.15. The predicted octanol–water partition coefficient (Wildman–Crippen LogP) is 2.94. The quantitative estimate of drug-likeness (QED) is 0.638. The van der Waals surface area contributed by atoms with Crippen LogP contribution in [0.1, 0.15) is 12.6 Å². The molecule has 2 rings (SSSR count). The van der Waals surface area contributed by atoms with Crippen molar-refractivity contribution in [1.29, 1.82) is 0 Å². The first-order valence-corrected chi connectivity index (χ1v) is 6.36. The molecule has 0 saturated heterocycles. The summed E-state index contributed by atoms with van der Waals surface area (Å²) in [6, 6.07) is 7.86. The lowest BCUT2D eigenvalue weighted by molar-refractivity contribution is 0.167. The van der Waals surface area contributed by atoms with Gasteiger partial charge in [-0.3, -0.25) is 0 Å². The zero-order valence-electron chi connectivity index (χ0n) is 11.4. The Hall–Kier alpha value is -1.94. The molecule has 100 valence electrons. The zero-order chi connectivity index (χ0) is 13.7. The van der Waals surface area contributed by atoms with Crippen molar-refractivity contribution >= 4 is 16.9 Å². The molecule has 0 radical (unpaired) electrons.